The summed E-state index contributed by atoms with van der Waals surface area (Å²) in [4.78, 5) is 24.9. The molecule has 3 aromatic carbocycles. The lowest BCUT2D eigenvalue weighted by Gasteiger charge is -2.17. The average Bonchev–Trinajstić information content (AvgIpc) is 2.73. The smallest absolute Gasteiger partial charge is 0.262 e. The lowest BCUT2D eigenvalue weighted by Crippen LogP contribution is -2.21. The van der Waals surface area contributed by atoms with Gasteiger partial charge in [-0.2, -0.15) is 0 Å². The van der Waals surface area contributed by atoms with E-state index in [-0.39, 0.29) is 18.4 Å². The summed E-state index contributed by atoms with van der Waals surface area (Å²) in [5.41, 5.74) is 3.30. The normalized spacial score (nSPS) is 12.6. The highest BCUT2D eigenvalue weighted by Crippen LogP contribution is 2.33. The summed E-state index contributed by atoms with van der Waals surface area (Å²) < 4.78 is 5.77. The zero-order valence-corrected chi connectivity index (χ0v) is 15.8. The van der Waals surface area contributed by atoms with E-state index in [4.69, 9.17) is 4.74 Å². The number of thioether (sulfide) groups is 1. The molecule has 0 aliphatic carbocycles. The van der Waals surface area contributed by atoms with E-state index < -0.39 is 0 Å². The zero-order chi connectivity index (χ0) is 19.3. The van der Waals surface area contributed by atoms with Gasteiger partial charge in [-0.1, -0.05) is 48.5 Å². The predicted molar refractivity (Wildman–Crippen MR) is 112 cm³/mol. The summed E-state index contributed by atoms with van der Waals surface area (Å²) in [6, 6.07) is 23.0. The highest BCUT2D eigenvalue weighted by molar-refractivity contribution is 8.00. The van der Waals surface area contributed by atoms with Gasteiger partial charge in [-0.25, -0.2) is 0 Å². The van der Waals surface area contributed by atoms with Gasteiger partial charge >= 0.3 is 0 Å². The first-order chi connectivity index (χ1) is 13.7. The molecule has 6 heteroatoms. The number of para-hydroxylation sites is 1. The van der Waals surface area contributed by atoms with Crippen molar-refractivity contribution in [3.05, 3.63) is 72.8 Å². The number of amides is 2. The van der Waals surface area contributed by atoms with Crippen LogP contribution in [0.2, 0.25) is 0 Å². The summed E-state index contributed by atoms with van der Waals surface area (Å²) in [6.07, 6.45) is 0. The SMILES string of the molecule is O=C(COc1ccccc1-c1ccccc1)Nc1ccc2c(c1)NC(=O)CS2. The van der Waals surface area contributed by atoms with E-state index in [2.05, 4.69) is 10.6 Å². The number of benzene rings is 3. The lowest BCUT2D eigenvalue weighted by atomic mass is 10.1. The van der Waals surface area contributed by atoms with Crippen molar-refractivity contribution in [3.8, 4) is 16.9 Å². The Hall–Kier alpha value is -3.25. The highest BCUT2D eigenvalue weighted by Gasteiger charge is 2.16. The third-order valence-corrected chi connectivity index (χ3v) is 5.30. The lowest BCUT2D eigenvalue weighted by molar-refractivity contribution is -0.118. The quantitative estimate of drug-likeness (QED) is 0.677. The van der Waals surface area contributed by atoms with Gasteiger partial charge in [-0.15, -0.1) is 11.8 Å². The van der Waals surface area contributed by atoms with E-state index in [1.165, 1.54) is 11.8 Å². The molecule has 0 fully saturated rings. The summed E-state index contributed by atoms with van der Waals surface area (Å²) in [5, 5.41) is 5.63. The second kappa shape index (κ2) is 8.19. The van der Waals surface area contributed by atoms with Gasteiger partial charge in [0.1, 0.15) is 5.75 Å². The molecule has 0 saturated carbocycles. The van der Waals surface area contributed by atoms with Gasteiger partial charge in [0.2, 0.25) is 5.91 Å². The molecule has 0 aromatic heterocycles. The van der Waals surface area contributed by atoms with E-state index in [1.807, 2.05) is 66.7 Å². The molecule has 0 bridgehead atoms. The molecule has 1 aliphatic heterocycles. The minimum absolute atomic E-state index is 0.0400. The molecule has 0 unspecified atom stereocenters. The Balaban J connectivity index is 1.42. The largest absolute Gasteiger partial charge is 0.483 e. The van der Waals surface area contributed by atoms with Gasteiger partial charge < -0.3 is 15.4 Å². The number of hydrogen-bond donors (Lipinski definition) is 2. The maximum Gasteiger partial charge on any atom is 0.262 e. The van der Waals surface area contributed by atoms with Gasteiger partial charge in [0.15, 0.2) is 6.61 Å². The van der Waals surface area contributed by atoms with Gasteiger partial charge in [-0.3, -0.25) is 9.59 Å². The van der Waals surface area contributed by atoms with Crippen molar-refractivity contribution in [1.82, 2.24) is 0 Å². The Kier molecular flexibility index (Phi) is 5.30. The van der Waals surface area contributed by atoms with Crippen LogP contribution in [0.4, 0.5) is 11.4 Å². The van der Waals surface area contributed by atoms with Crippen molar-refractivity contribution < 1.29 is 14.3 Å². The van der Waals surface area contributed by atoms with Crippen molar-refractivity contribution in [3.63, 3.8) is 0 Å². The Morgan fingerprint density at radius 2 is 1.82 bits per heavy atom. The molecule has 4 rings (SSSR count). The Morgan fingerprint density at radius 1 is 1.04 bits per heavy atom. The fourth-order valence-corrected chi connectivity index (χ4v) is 3.74. The van der Waals surface area contributed by atoms with Crippen LogP contribution in [0, 0.1) is 0 Å². The van der Waals surface area contributed by atoms with Crippen LogP contribution < -0.4 is 15.4 Å². The number of ether oxygens (including phenoxy) is 1. The monoisotopic (exact) mass is 390 g/mol. The molecule has 0 saturated heterocycles. The summed E-state index contributed by atoms with van der Waals surface area (Å²) in [6.45, 7) is -0.109. The number of rotatable bonds is 5. The molecular weight excluding hydrogens is 372 g/mol. The predicted octanol–water partition coefficient (Wildman–Crippen LogP) is 4.42. The van der Waals surface area contributed by atoms with Crippen molar-refractivity contribution in [2.24, 2.45) is 0 Å². The molecule has 1 heterocycles. The Labute approximate surface area is 167 Å². The first-order valence-electron chi connectivity index (χ1n) is 8.83. The molecule has 2 amide bonds. The van der Waals surface area contributed by atoms with Crippen LogP contribution >= 0.6 is 11.8 Å². The number of carbonyl (C=O) groups is 2. The third kappa shape index (κ3) is 4.18. The average molecular weight is 390 g/mol. The minimum Gasteiger partial charge on any atom is -0.483 e. The van der Waals surface area contributed by atoms with E-state index >= 15 is 0 Å². The molecule has 1 aliphatic rings. The van der Waals surface area contributed by atoms with Crippen LogP contribution in [0.5, 0.6) is 5.75 Å². The van der Waals surface area contributed by atoms with Crippen LogP contribution in [0.3, 0.4) is 0 Å². The van der Waals surface area contributed by atoms with Gasteiger partial charge in [0.05, 0.1) is 11.4 Å². The summed E-state index contributed by atoms with van der Waals surface area (Å²) >= 11 is 1.48. The van der Waals surface area contributed by atoms with E-state index in [0.29, 0.717) is 17.2 Å². The molecule has 0 atom stereocenters. The fourth-order valence-electron chi connectivity index (χ4n) is 2.95. The van der Waals surface area contributed by atoms with Crippen LogP contribution in [0.1, 0.15) is 0 Å². The molecule has 0 spiro atoms. The fraction of sp³-hybridized carbons (Fsp3) is 0.0909. The van der Waals surface area contributed by atoms with Crippen molar-refractivity contribution in [2.45, 2.75) is 4.90 Å². The molecule has 28 heavy (non-hydrogen) atoms. The molecule has 140 valence electrons. The topological polar surface area (TPSA) is 67.4 Å². The first kappa shape index (κ1) is 18.1. The van der Waals surface area contributed by atoms with Crippen LogP contribution in [0.25, 0.3) is 11.1 Å². The second-order valence-electron chi connectivity index (χ2n) is 6.25. The summed E-state index contributed by atoms with van der Waals surface area (Å²) in [7, 11) is 0. The van der Waals surface area contributed by atoms with Crippen molar-refractivity contribution in [2.75, 3.05) is 23.0 Å². The van der Waals surface area contributed by atoms with Gasteiger partial charge in [0.25, 0.3) is 5.91 Å². The molecule has 5 nitrogen and oxygen atoms in total. The zero-order valence-electron chi connectivity index (χ0n) is 15.0. The molecule has 0 radical (unpaired) electrons. The summed E-state index contributed by atoms with van der Waals surface area (Å²) in [5.74, 6) is 0.755. The molecular formula is C22H18N2O3S. The molecule has 3 aromatic rings. The number of carbonyl (C=O) groups excluding carboxylic acids is 2. The van der Waals surface area contributed by atoms with Crippen molar-refractivity contribution in [1.29, 1.82) is 0 Å². The van der Waals surface area contributed by atoms with E-state index in [0.717, 1.165) is 21.7 Å². The van der Waals surface area contributed by atoms with Gasteiger partial charge in [-0.05, 0) is 29.8 Å². The Morgan fingerprint density at radius 3 is 2.68 bits per heavy atom. The van der Waals surface area contributed by atoms with Crippen molar-refractivity contribution >= 4 is 35.0 Å². The minimum atomic E-state index is -0.266. The maximum absolute atomic E-state index is 12.3. The van der Waals surface area contributed by atoms with Crippen LogP contribution in [-0.2, 0) is 9.59 Å². The standard InChI is InChI=1S/C22H18N2O3S/c25-21(23-16-10-11-20-18(12-16)24-22(26)14-28-20)13-27-19-9-5-4-8-17(19)15-6-2-1-3-7-15/h1-12H,13-14H2,(H,23,25)(H,24,26). The third-order valence-electron chi connectivity index (χ3n) is 4.23. The second-order valence-corrected chi connectivity index (χ2v) is 7.26. The first-order valence-corrected chi connectivity index (χ1v) is 9.81. The highest BCUT2D eigenvalue weighted by atomic mass is 32.2. The Bertz CT molecular complexity index is 1020. The molecule has 2 N–H and O–H groups in total. The van der Waals surface area contributed by atoms with Gasteiger partial charge in [0, 0.05) is 16.1 Å². The number of nitrogens with one attached hydrogen (secondary N) is 2. The number of hydrogen-bond acceptors (Lipinski definition) is 4. The van der Waals surface area contributed by atoms with E-state index in [9.17, 15) is 9.59 Å². The van der Waals surface area contributed by atoms with Crippen LogP contribution in [0.15, 0.2) is 77.7 Å². The number of anilines is 2. The number of fused-ring (bicyclic) bond motifs is 1. The van der Waals surface area contributed by atoms with E-state index in [1.54, 1.807) is 6.07 Å². The maximum atomic E-state index is 12.3. The van der Waals surface area contributed by atoms with Crippen LogP contribution in [-0.4, -0.2) is 24.2 Å².